The van der Waals surface area contributed by atoms with Crippen molar-refractivity contribution in [2.75, 3.05) is 0 Å². The third-order valence-electron chi connectivity index (χ3n) is 1.78. The van der Waals surface area contributed by atoms with Crippen molar-refractivity contribution in [2.24, 2.45) is 0 Å². The lowest BCUT2D eigenvalue weighted by Gasteiger charge is -1.98. The molecule has 1 aliphatic heterocycles. The number of carbonyl (C=O) groups excluding carboxylic acids is 2. The molecule has 3 nitrogen and oxygen atoms in total. The van der Waals surface area contributed by atoms with Crippen molar-refractivity contribution in [1.82, 2.24) is 5.32 Å². The van der Waals surface area contributed by atoms with Crippen molar-refractivity contribution in [3.05, 3.63) is 32.2 Å². The first-order chi connectivity index (χ1) is 6.09. The lowest BCUT2D eigenvalue weighted by atomic mass is 10.1. The van der Waals surface area contributed by atoms with E-state index in [9.17, 15) is 9.59 Å². The van der Waals surface area contributed by atoms with Crippen LogP contribution in [0.3, 0.4) is 0 Å². The number of rotatable bonds is 0. The molecule has 1 heterocycles. The molecule has 0 bridgehead atoms. The van der Waals surface area contributed by atoms with Crippen molar-refractivity contribution in [1.29, 1.82) is 0 Å². The minimum atomic E-state index is -0.340. The first-order valence-electron chi connectivity index (χ1n) is 3.44. The molecule has 0 saturated carbocycles. The number of imide groups is 1. The van der Waals surface area contributed by atoms with Crippen LogP contribution in [0, 0.1) is 0 Å². The lowest BCUT2D eigenvalue weighted by molar-refractivity contribution is 0.0879. The highest BCUT2D eigenvalue weighted by Crippen LogP contribution is 2.28. The highest BCUT2D eigenvalue weighted by Gasteiger charge is 2.27. The molecule has 1 N–H and O–H groups in total. The third-order valence-corrected chi connectivity index (χ3v) is 3.62. The van der Waals surface area contributed by atoms with Crippen LogP contribution < -0.4 is 5.32 Å². The number of nitrogens with one attached hydrogen (secondary N) is 1. The van der Waals surface area contributed by atoms with Crippen LogP contribution in [0.25, 0.3) is 0 Å². The van der Waals surface area contributed by atoms with Crippen LogP contribution in [0.1, 0.15) is 20.7 Å². The molecule has 5 heteroatoms. The van der Waals surface area contributed by atoms with Gasteiger partial charge >= 0.3 is 0 Å². The number of halogens is 2. The van der Waals surface area contributed by atoms with E-state index in [1.807, 2.05) is 0 Å². The summed E-state index contributed by atoms with van der Waals surface area (Å²) in [5, 5.41) is 2.22. The van der Waals surface area contributed by atoms with Crippen molar-refractivity contribution in [3.8, 4) is 0 Å². The third kappa shape index (κ3) is 1.32. The molecule has 0 aromatic heterocycles. The predicted molar refractivity (Wildman–Crippen MR) is 53.6 cm³/mol. The summed E-state index contributed by atoms with van der Waals surface area (Å²) in [6.45, 7) is 0. The number of benzene rings is 1. The molecule has 1 aromatic carbocycles. The second kappa shape index (κ2) is 2.92. The van der Waals surface area contributed by atoms with E-state index in [1.54, 1.807) is 12.1 Å². The van der Waals surface area contributed by atoms with Gasteiger partial charge in [0.05, 0.1) is 11.1 Å². The number of carbonyl (C=O) groups is 2. The molecule has 66 valence electrons. The van der Waals surface area contributed by atoms with Crippen LogP contribution in [-0.4, -0.2) is 11.8 Å². The van der Waals surface area contributed by atoms with E-state index in [4.69, 9.17) is 0 Å². The smallest absolute Gasteiger partial charge is 0.258 e. The summed E-state index contributed by atoms with van der Waals surface area (Å²) < 4.78 is 1.52. The van der Waals surface area contributed by atoms with E-state index in [0.717, 1.165) is 8.95 Å². The number of fused-ring (bicyclic) bond motifs is 1. The molecular weight excluding hydrogens is 302 g/mol. The second-order valence-corrected chi connectivity index (χ2v) is 4.30. The molecule has 1 aromatic rings. The van der Waals surface area contributed by atoms with Gasteiger partial charge in [0.15, 0.2) is 0 Å². The lowest BCUT2D eigenvalue weighted by Crippen LogP contribution is -2.19. The Morgan fingerprint density at radius 3 is 1.69 bits per heavy atom. The molecule has 0 saturated heterocycles. The maximum Gasteiger partial charge on any atom is 0.258 e. The zero-order chi connectivity index (χ0) is 9.59. The Bertz CT molecular complexity index is 389. The summed E-state index contributed by atoms with van der Waals surface area (Å²) in [6.07, 6.45) is 0. The summed E-state index contributed by atoms with van der Waals surface area (Å²) in [4.78, 5) is 22.3. The Hall–Kier alpha value is -0.680. The SMILES string of the molecule is O=C1NC(=O)c2cc(Br)c(Br)cc21. The molecule has 13 heavy (non-hydrogen) atoms. The summed E-state index contributed by atoms with van der Waals surface area (Å²) in [5.41, 5.74) is 0.833. The van der Waals surface area contributed by atoms with Crippen molar-refractivity contribution in [2.45, 2.75) is 0 Å². The molecule has 0 aliphatic carbocycles. The van der Waals surface area contributed by atoms with Gasteiger partial charge in [0.1, 0.15) is 0 Å². The van der Waals surface area contributed by atoms with Crippen LogP contribution >= 0.6 is 31.9 Å². The van der Waals surface area contributed by atoms with Gasteiger partial charge in [-0.25, -0.2) is 0 Å². The van der Waals surface area contributed by atoms with Gasteiger partial charge in [-0.2, -0.15) is 0 Å². The van der Waals surface area contributed by atoms with Crippen molar-refractivity contribution < 1.29 is 9.59 Å². The van der Waals surface area contributed by atoms with E-state index in [2.05, 4.69) is 37.2 Å². The number of hydrogen-bond donors (Lipinski definition) is 1. The van der Waals surface area contributed by atoms with Crippen LogP contribution in [-0.2, 0) is 0 Å². The quantitative estimate of drug-likeness (QED) is 0.746. The maximum atomic E-state index is 11.2. The van der Waals surface area contributed by atoms with Gasteiger partial charge in [0.2, 0.25) is 0 Å². The highest BCUT2D eigenvalue weighted by atomic mass is 79.9. The van der Waals surface area contributed by atoms with E-state index >= 15 is 0 Å². The Morgan fingerprint density at radius 2 is 1.31 bits per heavy atom. The van der Waals surface area contributed by atoms with Gasteiger partial charge in [0, 0.05) is 8.95 Å². The normalized spacial score (nSPS) is 14.3. The zero-order valence-electron chi connectivity index (χ0n) is 6.23. The number of amides is 2. The fourth-order valence-corrected chi connectivity index (χ4v) is 1.85. The molecule has 0 radical (unpaired) electrons. The summed E-state index contributed by atoms with van der Waals surface area (Å²) in [5.74, 6) is -0.679. The van der Waals surface area contributed by atoms with Gasteiger partial charge in [-0.1, -0.05) is 0 Å². The predicted octanol–water partition coefficient (Wildman–Crippen LogP) is 2.10. The second-order valence-electron chi connectivity index (χ2n) is 2.60. The average Bonchev–Trinajstić information content (AvgIpc) is 2.31. The van der Waals surface area contributed by atoms with E-state index < -0.39 is 0 Å². The molecule has 1 aliphatic rings. The van der Waals surface area contributed by atoms with Gasteiger partial charge in [-0.05, 0) is 44.0 Å². The van der Waals surface area contributed by atoms with E-state index in [1.165, 1.54) is 0 Å². The highest BCUT2D eigenvalue weighted by molar-refractivity contribution is 9.13. The standard InChI is InChI=1S/C8H3Br2NO2/c9-5-1-3-4(2-6(5)10)8(13)11-7(3)12/h1-2H,(H,11,12,13). The zero-order valence-corrected chi connectivity index (χ0v) is 9.40. The van der Waals surface area contributed by atoms with Crippen molar-refractivity contribution in [3.63, 3.8) is 0 Å². The molecule has 0 spiro atoms. The van der Waals surface area contributed by atoms with Crippen LogP contribution in [0.4, 0.5) is 0 Å². The Labute approximate surface area is 90.8 Å². The average molecular weight is 305 g/mol. The van der Waals surface area contributed by atoms with Crippen LogP contribution in [0.5, 0.6) is 0 Å². The Kier molecular flexibility index (Phi) is 2.00. The van der Waals surface area contributed by atoms with Gasteiger partial charge in [-0.15, -0.1) is 0 Å². The summed E-state index contributed by atoms with van der Waals surface area (Å²) >= 11 is 6.52. The minimum absolute atomic E-state index is 0.340. The van der Waals surface area contributed by atoms with Gasteiger partial charge < -0.3 is 0 Å². The minimum Gasteiger partial charge on any atom is -0.288 e. The van der Waals surface area contributed by atoms with E-state index in [0.29, 0.717) is 11.1 Å². The molecule has 2 amide bonds. The topological polar surface area (TPSA) is 46.2 Å². The molecule has 0 fully saturated rings. The summed E-state index contributed by atoms with van der Waals surface area (Å²) in [6, 6.07) is 3.25. The monoisotopic (exact) mass is 303 g/mol. The van der Waals surface area contributed by atoms with Crippen molar-refractivity contribution >= 4 is 43.7 Å². The molecule has 0 unspecified atom stereocenters. The van der Waals surface area contributed by atoms with Crippen LogP contribution in [0.15, 0.2) is 21.1 Å². The molecule has 2 rings (SSSR count). The molecule has 0 atom stereocenters. The van der Waals surface area contributed by atoms with E-state index in [-0.39, 0.29) is 11.8 Å². The summed E-state index contributed by atoms with van der Waals surface area (Å²) in [7, 11) is 0. The fraction of sp³-hybridized carbons (Fsp3) is 0. The fourth-order valence-electron chi connectivity index (χ4n) is 1.16. The Morgan fingerprint density at radius 1 is 0.923 bits per heavy atom. The Balaban J connectivity index is 2.72. The molecular formula is C8H3Br2NO2. The first kappa shape index (κ1) is 8.90. The first-order valence-corrected chi connectivity index (χ1v) is 5.03. The number of hydrogen-bond acceptors (Lipinski definition) is 2. The largest absolute Gasteiger partial charge is 0.288 e. The maximum absolute atomic E-state index is 11.2. The van der Waals surface area contributed by atoms with Gasteiger partial charge in [0.25, 0.3) is 11.8 Å². The van der Waals surface area contributed by atoms with Gasteiger partial charge in [-0.3, -0.25) is 14.9 Å². The van der Waals surface area contributed by atoms with Crippen LogP contribution in [0.2, 0.25) is 0 Å².